The number of benzene rings is 1. The summed E-state index contributed by atoms with van der Waals surface area (Å²) in [6.07, 6.45) is -0.0142. The Morgan fingerprint density at radius 3 is 2.57 bits per heavy atom. The van der Waals surface area contributed by atoms with Crippen LogP contribution in [0.2, 0.25) is 0 Å². The molecule has 2 aliphatic rings. The van der Waals surface area contributed by atoms with Gasteiger partial charge in [0.05, 0.1) is 11.1 Å². The van der Waals surface area contributed by atoms with Crippen molar-refractivity contribution in [3.8, 4) is 0 Å². The second kappa shape index (κ2) is 5.08. The molecule has 0 radical (unpaired) electrons. The molecule has 0 aromatic heterocycles. The number of imide groups is 1. The molecule has 2 aliphatic heterocycles. The molecule has 1 spiro atoms. The zero-order chi connectivity index (χ0) is 16.8. The van der Waals surface area contributed by atoms with Crippen molar-refractivity contribution in [1.82, 2.24) is 5.32 Å². The number of fused-ring (bicyclic) bond motifs is 2. The molecule has 0 bridgehead atoms. The monoisotopic (exact) mass is 316 g/mol. The van der Waals surface area contributed by atoms with Crippen molar-refractivity contribution < 1.29 is 19.1 Å². The predicted octanol–water partition coefficient (Wildman–Crippen LogP) is 2.12. The van der Waals surface area contributed by atoms with E-state index in [2.05, 4.69) is 5.32 Å². The molecule has 2 heterocycles. The number of hydrogen-bond donors (Lipinski definition) is 1. The second-order valence-corrected chi connectivity index (χ2v) is 7.00. The lowest BCUT2D eigenvalue weighted by Gasteiger charge is -2.32. The van der Waals surface area contributed by atoms with Crippen LogP contribution in [0.15, 0.2) is 24.3 Å². The molecule has 122 valence electrons. The number of ether oxygens (including phenoxy) is 1. The van der Waals surface area contributed by atoms with E-state index in [1.54, 1.807) is 32.9 Å². The van der Waals surface area contributed by atoms with Crippen LogP contribution in [0.5, 0.6) is 0 Å². The summed E-state index contributed by atoms with van der Waals surface area (Å²) in [5.74, 6) is -0.399. The fourth-order valence-electron chi connectivity index (χ4n) is 3.17. The standard InChI is InChI=1S/C17H20N2O4/c1-16(2,3)23-15(22)19-12-7-5-4-6-11(12)17(14(19)21)9-8-13(20)18-10-17/h4-7H,8-10H2,1-3H3,(H,18,20). The molecule has 23 heavy (non-hydrogen) atoms. The number of piperidine rings is 1. The van der Waals surface area contributed by atoms with Crippen LogP contribution >= 0.6 is 0 Å². The van der Waals surface area contributed by atoms with Gasteiger partial charge in [-0.05, 0) is 38.8 Å². The van der Waals surface area contributed by atoms with Gasteiger partial charge < -0.3 is 10.1 Å². The molecule has 1 atom stereocenters. The van der Waals surface area contributed by atoms with Gasteiger partial charge in [0.15, 0.2) is 0 Å². The lowest BCUT2D eigenvalue weighted by Crippen LogP contribution is -2.53. The Morgan fingerprint density at radius 1 is 1.26 bits per heavy atom. The lowest BCUT2D eigenvalue weighted by atomic mass is 9.75. The first kappa shape index (κ1) is 15.5. The third-order valence-electron chi connectivity index (χ3n) is 4.22. The van der Waals surface area contributed by atoms with Gasteiger partial charge in [-0.25, -0.2) is 9.69 Å². The summed E-state index contributed by atoms with van der Waals surface area (Å²) in [5, 5.41) is 2.76. The summed E-state index contributed by atoms with van der Waals surface area (Å²) in [7, 11) is 0. The maximum absolute atomic E-state index is 13.0. The van der Waals surface area contributed by atoms with Crippen molar-refractivity contribution >= 4 is 23.6 Å². The van der Waals surface area contributed by atoms with Crippen molar-refractivity contribution in [2.45, 2.75) is 44.6 Å². The minimum atomic E-state index is -0.874. The molecule has 0 saturated carbocycles. The van der Waals surface area contributed by atoms with Gasteiger partial charge in [-0.1, -0.05) is 18.2 Å². The number of amides is 3. The Labute approximate surface area is 134 Å². The van der Waals surface area contributed by atoms with Gasteiger partial charge in [0.2, 0.25) is 11.8 Å². The highest BCUT2D eigenvalue weighted by Gasteiger charge is 2.54. The Balaban J connectivity index is 2.02. The molecule has 1 aromatic carbocycles. The topological polar surface area (TPSA) is 75.7 Å². The highest BCUT2D eigenvalue weighted by molar-refractivity contribution is 6.21. The number of rotatable bonds is 0. The number of hydrogen-bond acceptors (Lipinski definition) is 4. The maximum atomic E-state index is 13.0. The van der Waals surface area contributed by atoms with Gasteiger partial charge in [0, 0.05) is 13.0 Å². The first-order chi connectivity index (χ1) is 10.7. The molecule has 1 unspecified atom stereocenters. The summed E-state index contributed by atoms with van der Waals surface area (Å²) >= 11 is 0. The van der Waals surface area contributed by atoms with Crippen molar-refractivity contribution in [2.75, 3.05) is 11.4 Å². The molecule has 1 saturated heterocycles. The van der Waals surface area contributed by atoms with Crippen LogP contribution < -0.4 is 10.2 Å². The summed E-state index contributed by atoms with van der Waals surface area (Å²) < 4.78 is 5.38. The first-order valence-electron chi connectivity index (χ1n) is 7.68. The number of anilines is 1. The molecule has 6 nitrogen and oxygen atoms in total. The minimum Gasteiger partial charge on any atom is -0.443 e. The summed E-state index contributed by atoms with van der Waals surface area (Å²) in [4.78, 5) is 38.2. The molecule has 1 fully saturated rings. The van der Waals surface area contributed by atoms with Crippen LogP contribution in [0.25, 0.3) is 0 Å². The van der Waals surface area contributed by atoms with Gasteiger partial charge in [-0.15, -0.1) is 0 Å². The summed E-state index contributed by atoms with van der Waals surface area (Å²) in [6, 6.07) is 7.20. The zero-order valence-electron chi connectivity index (χ0n) is 13.5. The number of nitrogens with one attached hydrogen (secondary N) is 1. The molecule has 0 aliphatic carbocycles. The van der Waals surface area contributed by atoms with Crippen LogP contribution in [0.4, 0.5) is 10.5 Å². The smallest absolute Gasteiger partial charge is 0.421 e. The third-order valence-corrected chi connectivity index (χ3v) is 4.22. The predicted molar refractivity (Wildman–Crippen MR) is 84.1 cm³/mol. The van der Waals surface area contributed by atoms with Crippen molar-refractivity contribution in [3.05, 3.63) is 29.8 Å². The normalized spacial score (nSPS) is 23.7. The van der Waals surface area contributed by atoms with Crippen LogP contribution in [-0.2, 0) is 19.7 Å². The van der Waals surface area contributed by atoms with E-state index in [0.717, 1.165) is 10.5 Å². The van der Waals surface area contributed by atoms with E-state index < -0.39 is 17.1 Å². The second-order valence-electron chi connectivity index (χ2n) is 7.00. The van der Waals surface area contributed by atoms with E-state index in [9.17, 15) is 14.4 Å². The van der Waals surface area contributed by atoms with E-state index >= 15 is 0 Å². The van der Waals surface area contributed by atoms with Crippen LogP contribution in [0.1, 0.15) is 39.2 Å². The molecule has 3 rings (SSSR count). The Kier molecular flexibility index (Phi) is 3.43. The van der Waals surface area contributed by atoms with Crippen LogP contribution in [-0.4, -0.2) is 30.1 Å². The molecule has 3 amide bonds. The maximum Gasteiger partial charge on any atom is 0.421 e. The highest BCUT2D eigenvalue weighted by atomic mass is 16.6. The van der Waals surface area contributed by atoms with E-state index in [1.165, 1.54) is 0 Å². The number of nitrogens with zero attached hydrogens (tertiary/aromatic N) is 1. The van der Waals surface area contributed by atoms with E-state index in [1.807, 2.05) is 12.1 Å². The van der Waals surface area contributed by atoms with Gasteiger partial charge >= 0.3 is 6.09 Å². The van der Waals surface area contributed by atoms with E-state index in [4.69, 9.17) is 4.74 Å². The van der Waals surface area contributed by atoms with Gasteiger partial charge in [-0.3, -0.25) is 9.59 Å². The molecule has 1 N–H and O–H groups in total. The SMILES string of the molecule is CC(C)(C)OC(=O)N1C(=O)C2(CCC(=O)NC2)c2ccccc21. The minimum absolute atomic E-state index is 0.0726. The molecule has 1 aromatic rings. The summed E-state index contributed by atoms with van der Waals surface area (Å²) in [5.41, 5.74) is -0.247. The lowest BCUT2D eigenvalue weighted by molar-refractivity contribution is -0.128. The molecule has 6 heteroatoms. The van der Waals surface area contributed by atoms with Crippen molar-refractivity contribution in [1.29, 1.82) is 0 Å². The van der Waals surface area contributed by atoms with Crippen molar-refractivity contribution in [3.63, 3.8) is 0 Å². The number of para-hydroxylation sites is 1. The first-order valence-corrected chi connectivity index (χ1v) is 7.68. The third kappa shape index (κ3) is 2.48. The van der Waals surface area contributed by atoms with E-state index in [-0.39, 0.29) is 24.8 Å². The summed E-state index contributed by atoms with van der Waals surface area (Å²) in [6.45, 7) is 5.48. The average Bonchev–Trinajstić information content (AvgIpc) is 2.70. The highest BCUT2D eigenvalue weighted by Crippen LogP contribution is 2.45. The van der Waals surface area contributed by atoms with Crippen LogP contribution in [0.3, 0.4) is 0 Å². The Morgan fingerprint density at radius 2 is 1.96 bits per heavy atom. The average molecular weight is 316 g/mol. The van der Waals surface area contributed by atoms with Crippen molar-refractivity contribution in [2.24, 2.45) is 0 Å². The van der Waals surface area contributed by atoms with Gasteiger partial charge in [-0.2, -0.15) is 0 Å². The fourth-order valence-corrected chi connectivity index (χ4v) is 3.17. The van der Waals surface area contributed by atoms with Crippen LogP contribution in [0, 0.1) is 0 Å². The van der Waals surface area contributed by atoms with Gasteiger partial charge in [0.1, 0.15) is 5.60 Å². The Hall–Kier alpha value is -2.37. The number of carbonyl (C=O) groups excluding carboxylic acids is 3. The quantitative estimate of drug-likeness (QED) is 0.795. The largest absolute Gasteiger partial charge is 0.443 e. The molecular weight excluding hydrogens is 296 g/mol. The van der Waals surface area contributed by atoms with E-state index in [0.29, 0.717) is 12.1 Å². The number of carbonyl (C=O) groups is 3. The Bertz CT molecular complexity index is 680. The van der Waals surface area contributed by atoms with Gasteiger partial charge in [0.25, 0.3) is 0 Å². The fraction of sp³-hybridized carbons (Fsp3) is 0.471. The zero-order valence-corrected chi connectivity index (χ0v) is 13.5. The molecular formula is C17H20N2O4.